The predicted octanol–water partition coefficient (Wildman–Crippen LogP) is 9.28. The van der Waals surface area contributed by atoms with E-state index in [9.17, 15) is 0 Å². The highest BCUT2D eigenvalue weighted by molar-refractivity contribution is 6.10. The molecule has 0 unspecified atom stereocenters. The van der Waals surface area contributed by atoms with Gasteiger partial charge in [-0.2, -0.15) is 0 Å². The number of para-hydroxylation sites is 1. The molecular formula is C33H33NO. The van der Waals surface area contributed by atoms with Gasteiger partial charge in [0.2, 0.25) is 0 Å². The summed E-state index contributed by atoms with van der Waals surface area (Å²) in [5.41, 5.74) is 2.86. The van der Waals surface area contributed by atoms with Crippen LogP contribution in [0.4, 0.5) is 0 Å². The highest BCUT2D eigenvalue weighted by Gasteiger charge is 2.18. The molecule has 1 aliphatic rings. The molecule has 0 amide bonds. The number of rotatable bonds is 4. The van der Waals surface area contributed by atoms with Gasteiger partial charge in [0.15, 0.2) is 0 Å². The second-order valence-corrected chi connectivity index (χ2v) is 9.45. The first-order valence-corrected chi connectivity index (χ1v) is 12.0. The van der Waals surface area contributed by atoms with Crippen molar-refractivity contribution in [2.75, 3.05) is 0 Å². The number of pyridine rings is 1. The topological polar surface area (TPSA) is 26.0 Å². The summed E-state index contributed by atoms with van der Waals surface area (Å²) in [5, 5.41) is 1.48. The zero-order valence-electron chi connectivity index (χ0n) is 30.5. The van der Waals surface area contributed by atoms with Gasteiger partial charge >= 0.3 is 0 Å². The molecule has 2 heterocycles. The second kappa shape index (κ2) is 8.68. The van der Waals surface area contributed by atoms with Gasteiger partial charge in [0.05, 0.1) is 5.69 Å². The lowest BCUT2D eigenvalue weighted by molar-refractivity contribution is 0.546. The van der Waals surface area contributed by atoms with Crippen LogP contribution in [0.5, 0.6) is 0 Å². The molecular weight excluding hydrogens is 426 g/mol. The van der Waals surface area contributed by atoms with Crippen molar-refractivity contribution in [1.82, 2.24) is 4.98 Å². The number of aromatic nitrogens is 1. The van der Waals surface area contributed by atoms with Crippen molar-refractivity contribution in [2.24, 2.45) is 5.92 Å². The molecule has 3 aromatic carbocycles. The van der Waals surface area contributed by atoms with Gasteiger partial charge in [-0.3, -0.25) is 4.98 Å². The summed E-state index contributed by atoms with van der Waals surface area (Å²) in [6, 6.07) is 14.5. The van der Waals surface area contributed by atoms with Crippen LogP contribution in [0, 0.1) is 33.4 Å². The maximum atomic E-state index is 8.86. The zero-order chi connectivity index (χ0) is 33.4. The smallest absolute Gasteiger partial charge is 0.144 e. The highest BCUT2D eigenvalue weighted by Crippen LogP contribution is 2.39. The molecule has 35 heavy (non-hydrogen) atoms. The van der Waals surface area contributed by atoms with E-state index < -0.39 is 26.9 Å². The maximum absolute atomic E-state index is 8.86. The highest BCUT2D eigenvalue weighted by atomic mass is 16.3. The van der Waals surface area contributed by atoms with Gasteiger partial charge in [0.25, 0.3) is 0 Å². The third kappa shape index (κ3) is 3.95. The standard InChI is InChI=1S/C33H33NO/c1-20-14-22(3)32-28-11-7-10-27(33(28)35-31(32)15-20)30-18-29(23(4)19-34-30)26-13-12-25(16-21(26)2)17-24-8-5-6-9-24/h7,10-16,18-19,24H,5-6,8-9,17H2,1-4H3/i1D3,2D3,4D3,17D2. The van der Waals surface area contributed by atoms with Crippen molar-refractivity contribution in [2.45, 2.75) is 59.5 Å². The summed E-state index contributed by atoms with van der Waals surface area (Å²) < 4.78 is 97.4. The minimum absolute atomic E-state index is 0.135. The number of furan rings is 1. The van der Waals surface area contributed by atoms with Crippen molar-refractivity contribution in [3.8, 4) is 22.4 Å². The summed E-state index contributed by atoms with van der Waals surface area (Å²) in [5.74, 6) is -0.225. The minimum Gasteiger partial charge on any atom is -0.455 e. The number of benzene rings is 3. The fourth-order valence-electron chi connectivity index (χ4n) is 5.34. The molecule has 0 saturated heterocycles. The van der Waals surface area contributed by atoms with E-state index in [1.54, 1.807) is 30.3 Å². The zero-order valence-corrected chi connectivity index (χ0v) is 19.5. The van der Waals surface area contributed by atoms with Crippen molar-refractivity contribution in [1.29, 1.82) is 0 Å². The summed E-state index contributed by atoms with van der Waals surface area (Å²) in [7, 11) is 0. The first-order chi connectivity index (χ1) is 21.4. The van der Waals surface area contributed by atoms with E-state index in [1.165, 1.54) is 24.4 Å². The maximum Gasteiger partial charge on any atom is 0.144 e. The molecule has 1 aliphatic carbocycles. The summed E-state index contributed by atoms with van der Waals surface area (Å²) in [4.78, 5) is 4.49. The van der Waals surface area contributed by atoms with Gasteiger partial charge in [-0.1, -0.05) is 62.1 Å². The Morgan fingerprint density at radius 1 is 0.914 bits per heavy atom. The van der Waals surface area contributed by atoms with Crippen molar-refractivity contribution in [3.63, 3.8) is 0 Å². The SMILES string of the molecule is [2H]C([2H])([2H])c1cc(C)c2c(c1)oc1c(-c3cc(-c4ccc(C([2H])([2H])C5CCCC5)cc4C([2H])([2H])[2H])c(C([2H])([2H])[2H])cn3)cccc12. The van der Waals surface area contributed by atoms with Crippen LogP contribution in [0.3, 0.4) is 0 Å². The van der Waals surface area contributed by atoms with E-state index in [2.05, 4.69) is 4.98 Å². The van der Waals surface area contributed by atoms with E-state index >= 15 is 0 Å². The number of hydrogen-bond donors (Lipinski definition) is 0. The number of hydrogen-bond acceptors (Lipinski definition) is 2. The average Bonchev–Trinajstić information content (AvgIpc) is 3.64. The minimum atomic E-state index is -2.66. The molecule has 5 aromatic rings. The van der Waals surface area contributed by atoms with Crippen LogP contribution < -0.4 is 0 Å². The van der Waals surface area contributed by atoms with E-state index in [1.807, 2.05) is 13.0 Å². The first kappa shape index (κ1) is 13.1. The van der Waals surface area contributed by atoms with Crippen LogP contribution in [0.1, 0.15) is 68.6 Å². The van der Waals surface area contributed by atoms with Gasteiger partial charge in [0.1, 0.15) is 11.2 Å². The molecule has 0 atom stereocenters. The Morgan fingerprint density at radius 3 is 2.63 bits per heavy atom. The molecule has 0 spiro atoms. The Morgan fingerprint density at radius 2 is 1.80 bits per heavy atom. The summed E-state index contributed by atoms with van der Waals surface area (Å²) in [6.07, 6.45) is 2.78. The third-order valence-corrected chi connectivity index (χ3v) is 7.01. The Labute approximate surface area is 223 Å². The lowest BCUT2D eigenvalue weighted by Gasteiger charge is -2.14. The predicted molar refractivity (Wildman–Crippen MR) is 147 cm³/mol. The quantitative estimate of drug-likeness (QED) is 0.261. The molecule has 0 radical (unpaired) electrons. The van der Waals surface area contributed by atoms with Crippen molar-refractivity contribution in [3.05, 3.63) is 88.6 Å². The molecule has 0 aliphatic heterocycles. The van der Waals surface area contributed by atoms with Crippen LogP contribution in [-0.2, 0) is 6.37 Å². The van der Waals surface area contributed by atoms with Crippen LogP contribution in [-0.4, -0.2) is 4.98 Å². The molecule has 176 valence electrons. The van der Waals surface area contributed by atoms with Gasteiger partial charge in [-0.05, 0) is 96.9 Å². The number of aryl methyl sites for hydroxylation is 4. The Bertz CT molecular complexity index is 1960. The van der Waals surface area contributed by atoms with E-state index in [0.29, 0.717) is 22.4 Å². The second-order valence-electron chi connectivity index (χ2n) is 9.45. The molecule has 2 heteroatoms. The average molecular weight is 471 g/mol. The molecule has 0 N–H and O–H groups in total. The summed E-state index contributed by atoms with van der Waals surface area (Å²) in [6.45, 7) is -5.80. The first-order valence-electron chi connectivity index (χ1n) is 17.5. The van der Waals surface area contributed by atoms with Crippen LogP contribution in [0.25, 0.3) is 44.3 Å². The lowest BCUT2D eigenvalue weighted by Crippen LogP contribution is -1.99. The lowest BCUT2D eigenvalue weighted by atomic mass is 9.91. The molecule has 2 nitrogen and oxygen atoms in total. The van der Waals surface area contributed by atoms with E-state index in [4.69, 9.17) is 19.5 Å². The molecule has 2 aromatic heterocycles. The largest absolute Gasteiger partial charge is 0.455 e. The van der Waals surface area contributed by atoms with Gasteiger partial charge in [-0.15, -0.1) is 0 Å². The van der Waals surface area contributed by atoms with Crippen LogP contribution >= 0.6 is 0 Å². The molecule has 1 fully saturated rings. The monoisotopic (exact) mass is 470 g/mol. The molecule has 6 rings (SSSR count). The normalized spacial score (nSPS) is 20.5. The fourth-order valence-corrected chi connectivity index (χ4v) is 5.34. The molecule has 1 saturated carbocycles. The van der Waals surface area contributed by atoms with Crippen LogP contribution in [0.2, 0.25) is 0 Å². The van der Waals surface area contributed by atoms with Gasteiger partial charge < -0.3 is 4.42 Å². The summed E-state index contributed by atoms with van der Waals surface area (Å²) >= 11 is 0. The molecule has 0 bridgehead atoms. The van der Waals surface area contributed by atoms with Crippen molar-refractivity contribution >= 4 is 21.9 Å². The van der Waals surface area contributed by atoms with E-state index in [-0.39, 0.29) is 39.3 Å². The van der Waals surface area contributed by atoms with E-state index in [0.717, 1.165) is 42.0 Å². The Kier molecular flexibility index (Phi) is 3.24. The Balaban J connectivity index is 1.57. The van der Waals surface area contributed by atoms with Crippen LogP contribution in [0.15, 0.2) is 65.2 Å². The van der Waals surface area contributed by atoms with Gasteiger partial charge in [0, 0.05) is 37.6 Å². The number of nitrogens with zero attached hydrogens (tertiary/aromatic N) is 1. The third-order valence-electron chi connectivity index (χ3n) is 7.01. The van der Waals surface area contributed by atoms with Gasteiger partial charge in [-0.25, -0.2) is 0 Å². The van der Waals surface area contributed by atoms with Crippen molar-refractivity contribution < 1.29 is 19.5 Å². The fraction of sp³-hybridized carbons (Fsp3) is 0.303. The number of fused-ring (bicyclic) bond motifs is 3. The Hall–Kier alpha value is -3.39.